The first-order chi connectivity index (χ1) is 8.23. The number of carbonyl (C=O) groups excluding carboxylic acids is 2. The van der Waals surface area contributed by atoms with Crippen molar-refractivity contribution in [2.45, 2.75) is 38.9 Å². The molecule has 0 bridgehead atoms. The van der Waals surface area contributed by atoms with Crippen LogP contribution >= 0.6 is 0 Å². The molecule has 1 aliphatic rings. The summed E-state index contributed by atoms with van der Waals surface area (Å²) in [5, 5.41) is 9.68. The third kappa shape index (κ3) is 4.18. The molecule has 1 fully saturated rings. The molecule has 0 aromatic rings. The van der Waals surface area contributed by atoms with Gasteiger partial charge in [-0.05, 0) is 27.2 Å². The minimum atomic E-state index is -0.727. The zero-order valence-electron chi connectivity index (χ0n) is 11.3. The van der Waals surface area contributed by atoms with Gasteiger partial charge in [0, 0.05) is 13.1 Å². The van der Waals surface area contributed by atoms with Crippen LogP contribution < -0.4 is 0 Å². The van der Waals surface area contributed by atoms with E-state index in [1.807, 2.05) is 0 Å². The normalized spacial score (nSPS) is 24.6. The van der Waals surface area contributed by atoms with Crippen molar-refractivity contribution in [1.29, 1.82) is 0 Å². The van der Waals surface area contributed by atoms with Crippen LogP contribution in [0, 0.1) is 5.92 Å². The lowest BCUT2D eigenvalue weighted by Gasteiger charge is -2.35. The Labute approximate surface area is 107 Å². The number of aliphatic hydroxyl groups is 1. The minimum Gasteiger partial charge on any atom is -0.469 e. The van der Waals surface area contributed by atoms with E-state index >= 15 is 0 Å². The molecule has 6 heteroatoms. The zero-order valence-corrected chi connectivity index (χ0v) is 11.3. The van der Waals surface area contributed by atoms with Gasteiger partial charge in [-0.25, -0.2) is 4.79 Å². The summed E-state index contributed by atoms with van der Waals surface area (Å²) in [6.45, 7) is 5.70. The predicted molar refractivity (Wildman–Crippen MR) is 63.9 cm³/mol. The monoisotopic (exact) mass is 259 g/mol. The molecule has 0 unspecified atom stereocenters. The van der Waals surface area contributed by atoms with Crippen molar-refractivity contribution in [3.05, 3.63) is 0 Å². The predicted octanol–water partition coefficient (Wildman–Crippen LogP) is 0.777. The highest BCUT2D eigenvalue weighted by atomic mass is 16.6. The molecule has 1 saturated heterocycles. The van der Waals surface area contributed by atoms with Crippen LogP contribution in [0.15, 0.2) is 0 Å². The summed E-state index contributed by atoms with van der Waals surface area (Å²) in [6.07, 6.45) is -0.933. The van der Waals surface area contributed by atoms with E-state index in [0.717, 1.165) is 0 Å². The number of ether oxygens (including phenoxy) is 2. The Bertz CT molecular complexity index is 323. The number of β-amino-alcohol motifs (C(OH)–C–C–N with tert-alkyl or cyclic N) is 1. The van der Waals surface area contributed by atoms with Crippen LogP contribution in [0.3, 0.4) is 0 Å². The van der Waals surface area contributed by atoms with E-state index in [0.29, 0.717) is 6.42 Å². The number of aliphatic hydroxyl groups excluding tert-OH is 1. The van der Waals surface area contributed by atoms with Crippen LogP contribution in [-0.4, -0.2) is 54.0 Å². The Morgan fingerprint density at radius 2 is 1.89 bits per heavy atom. The molecule has 0 saturated carbocycles. The first-order valence-electron chi connectivity index (χ1n) is 5.96. The van der Waals surface area contributed by atoms with Gasteiger partial charge in [0.25, 0.3) is 0 Å². The van der Waals surface area contributed by atoms with Gasteiger partial charge in [-0.1, -0.05) is 0 Å². The molecular weight excluding hydrogens is 238 g/mol. The smallest absolute Gasteiger partial charge is 0.410 e. The minimum absolute atomic E-state index is 0.183. The van der Waals surface area contributed by atoms with Crippen LogP contribution in [0.4, 0.5) is 4.79 Å². The van der Waals surface area contributed by atoms with Crippen LogP contribution in [-0.2, 0) is 14.3 Å². The highest BCUT2D eigenvalue weighted by Crippen LogP contribution is 2.20. The Morgan fingerprint density at radius 1 is 1.28 bits per heavy atom. The number of carbonyl (C=O) groups is 2. The van der Waals surface area contributed by atoms with Gasteiger partial charge >= 0.3 is 12.1 Å². The first-order valence-corrected chi connectivity index (χ1v) is 5.96. The fourth-order valence-electron chi connectivity index (χ4n) is 1.89. The van der Waals surface area contributed by atoms with Gasteiger partial charge in [-0.2, -0.15) is 0 Å². The lowest BCUT2D eigenvalue weighted by molar-refractivity contribution is -0.149. The van der Waals surface area contributed by atoms with E-state index in [9.17, 15) is 14.7 Å². The average molecular weight is 259 g/mol. The number of likely N-dealkylation sites (tertiary alicyclic amines) is 1. The van der Waals surface area contributed by atoms with E-state index in [2.05, 4.69) is 4.74 Å². The van der Waals surface area contributed by atoms with Crippen molar-refractivity contribution in [3.8, 4) is 0 Å². The molecule has 0 spiro atoms. The molecule has 1 heterocycles. The van der Waals surface area contributed by atoms with Crippen molar-refractivity contribution in [2.75, 3.05) is 20.2 Å². The van der Waals surface area contributed by atoms with Crippen LogP contribution in [0.5, 0.6) is 0 Å². The SMILES string of the molecule is COC(=O)[C@@H]1C[C@@H](O)CN(C(=O)OC(C)(C)C)C1. The molecule has 6 nitrogen and oxygen atoms in total. The highest BCUT2D eigenvalue weighted by Gasteiger charge is 2.35. The van der Waals surface area contributed by atoms with Crippen molar-refractivity contribution >= 4 is 12.1 Å². The average Bonchev–Trinajstić information content (AvgIpc) is 2.24. The number of hydrogen-bond acceptors (Lipinski definition) is 5. The van der Waals surface area contributed by atoms with Gasteiger partial charge in [0.1, 0.15) is 5.60 Å². The number of esters is 1. The van der Waals surface area contributed by atoms with Crippen molar-refractivity contribution in [1.82, 2.24) is 4.90 Å². The quantitative estimate of drug-likeness (QED) is 0.704. The molecule has 0 aromatic heterocycles. The lowest BCUT2D eigenvalue weighted by Crippen LogP contribution is -2.49. The molecule has 1 amide bonds. The van der Waals surface area contributed by atoms with Crippen molar-refractivity contribution in [3.63, 3.8) is 0 Å². The second-order valence-corrected chi connectivity index (χ2v) is 5.49. The van der Waals surface area contributed by atoms with Gasteiger partial charge in [-0.15, -0.1) is 0 Å². The third-order valence-corrected chi connectivity index (χ3v) is 2.61. The first kappa shape index (κ1) is 14.8. The van der Waals surface area contributed by atoms with E-state index in [4.69, 9.17) is 4.74 Å². The summed E-state index contributed by atoms with van der Waals surface area (Å²) in [4.78, 5) is 24.7. The van der Waals surface area contributed by atoms with Crippen LogP contribution in [0.25, 0.3) is 0 Å². The Balaban J connectivity index is 2.66. The van der Waals surface area contributed by atoms with E-state index in [-0.39, 0.29) is 13.1 Å². The van der Waals surface area contributed by atoms with Gasteiger partial charge in [0.2, 0.25) is 0 Å². The summed E-state index contributed by atoms with van der Waals surface area (Å²) < 4.78 is 9.85. The number of rotatable bonds is 1. The molecule has 1 aliphatic heterocycles. The third-order valence-electron chi connectivity index (χ3n) is 2.61. The maximum Gasteiger partial charge on any atom is 0.410 e. The second-order valence-electron chi connectivity index (χ2n) is 5.49. The number of nitrogens with zero attached hydrogens (tertiary/aromatic N) is 1. The molecule has 18 heavy (non-hydrogen) atoms. The maximum absolute atomic E-state index is 11.9. The fourth-order valence-corrected chi connectivity index (χ4v) is 1.89. The van der Waals surface area contributed by atoms with Gasteiger partial charge in [0.15, 0.2) is 0 Å². The highest BCUT2D eigenvalue weighted by molar-refractivity contribution is 5.75. The largest absolute Gasteiger partial charge is 0.469 e. The van der Waals surface area contributed by atoms with Gasteiger partial charge in [0.05, 0.1) is 19.1 Å². The summed E-state index contributed by atoms with van der Waals surface area (Å²) in [5.41, 5.74) is -0.597. The summed E-state index contributed by atoms with van der Waals surface area (Å²) in [6, 6.07) is 0. The second kappa shape index (κ2) is 5.56. The molecule has 0 aromatic carbocycles. The molecule has 1 N–H and O–H groups in total. The fraction of sp³-hybridized carbons (Fsp3) is 0.833. The topological polar surface area (TPSA) is 76.1 Å². The van der Waals surface area contributed by atoms with Crippen molar-refractivity contribution < 1.29 is 24.2 Å². The van der Waals surface area contributed by atoms with Gasteiger partial charge in [-0.3, -0.25) is 4.79 Å². The van der Waals surface area contributed by atoms with E-state index in [1.165, 1.54) is 12.0 Å². The number of amides is 1. The summed E-state index contributed by atoms with van der Waals surface area (Å²) in [7, 11) is 1.29. The summed E-state index contributed by atoms with van der Waals surface area (Å²) >= 11 is 0. The van der Waals surface area contributed by atoms with Crippen molar-refractivity contribution in [2.24, 2.45) is 5.92 Å². The standard InChI is InChI=1S/C12H21NO5/c1-12(2,3)18-11(16)13-6-8(10(15)17-4)5-9(14)7-13/h8-9,14H,5-7H2,1-4H3/t8-,9-/m1/s1. The molecule has 2 atom stereocenters. The zero-order chi connectivity index (χ0) is 13.9. The Kier molecular flexibility index (Phi) is 4.56. The van der Waals surface area contributed by atoms with Crippen LogP contribution in [0.2, 0.25) is 0 Å². The molecule has 0 aliphatic carbocycles. The maximum atomic E-state index is 11.9. The number of methoxy groups -OCH3 is 1. The molecule has 104 valence electrons. The molecule has 0 radical (unpaired) electrons. The van der Waals surface area contributed by atoms with E-state index < -0.39 is 29.7 Å². The Hall–Kier alpha value is -1.30. The van der Waals surface area contributed by atoms with E-state index in [1.54, 1.807) is 20.8 Å². The number of hydrogen-bond donors (Lipinski definition) is 1. The van der Waals surface area contributed by atoms with Crippen LogP contribution in [0.1, 0.15) is 27.2 Å². The molecule has 1 rings (SSSR count). The Morgan fingerprint density at radius 3 is 2.39 bits per heavy atom. The summed E-state index contributed by atoms with van der Waals surface area (Å²) in [5.74, 6) is -0.909. The van der Waals surface area contributed by atoms with Gasteiger partial charge < -0.3 is 19.5 Å². The number of piperidine rings is 1. The lowest BCUT2D eigenvalue weighted by atomic mass is 9.96. The molecular formula is C12H21NO5.